The van der Waals surface area contributed by atoms with Crippen molar-refractivity contribution in [2.24, 2.45) is 11.7 Å². The van der Waals surface area contributed by atoms with Crippen molar-refractivity contribution < 1.29 is 9.53 Å². The van der Waals surface area contributed by atoms with Gasteiger partial charge >= 0.3 is 0 Å². The van der Waals surface area contributed by atoms with Crippen molar-refractivity contribution >= 4 is 8.32 Å². The Bertz CT molecular complexity index is 228. The maximum atomic E-state index is 9.59. The summed E-state index contributed by atoms with van der Waals surface area (Å²) >= 11 is 0. The van der Waals surface area contributed by atoms with E-state index in [9.17, 15) is 5.11 Å². The van der Waals surface area contributed by atoms with Crippen LogP contribution in [0, 0.1) is 5.92 Å². The van der Waals surface area contributed by atoms with E-state index in [2.05, 4.69) is 33.9 Å². The number of nitrogens with two attached hydrogens (primary N) is 1. The average molecular weight is 245 g/mol. The molecule has 4 heteroatoms. The van der Waals surface area contributed by atoms with Crippen LogP contribution in [0.4, 0.5) is 0 Å². The SMILES string of the molecule is CC(C)(C)[Si](C)(C)OC[C@H]1C[C@@H](N)[C@H](O)C1. The number of rotatable bonds is 3. The molecule has 0 bridgehead atoms. The van der Waals surface area contributed by atoms with Crippen LogP contribution in [0.2, 0.25) is 18.1 Å². The summed E-state index contributed by atoms with van der Waals surface area (Å²) in [6.07, 6.45) is 1.37. The third kappa shape index (κ3) is 3.29. The van der Waals surface area contributed by atoms with Gasteiger partial charge in [-0.1, -0.05) is 20.8 Å². The third-order valence-corrected chi connectivity index (χ3v) is 8.66. The maximum Gasteiger partial charge on any atom is 0.191 e. The van der Waals surface area contributed by atoms with Gasteiger partial charge in [-0.25, -0.2) is 0 Å². The molecular formula is C12H27NO2Si. The van der Waals surface area contributed by atoms with E-state index in [0.29, 0.717) is 5.92 Å². The van der Waals surface area contributed by atoms with Crippen LogP contribution < -0.4 is 5.73 Å². The molecule has 3 atom stereocenters. The van der Waals surface area contributed by atoms with E-state index in [4.69, 9.17) is 10.2 Å². The second kappa shape index (κ2) is 4.76. The summed E-state index contributed by atoms with van der Waals surface area (Å²) in [6, 6.07) is -0.0481. The maximum absolute atomic E-state index is 9.59. The van der Waals surface area contributed by atoms with Crippen molar-refractivity contribution in [1.82, 2.24) is 0 Å². The Kier molecular flexibility index (Phi) is 4.22. The molecule has 0 heterocycles. The molecule has 0 aromatic carbocycles. The minimum atomic E-state index is -1.64. The lowest BCUT2D eigenvalue weighted by atomic mass is 10.1. The van der Waals surface area contributed by atoms with Gasteiger partial charge in [-0.2, -0.15) is 0 Å². The number of hydrogen-bond donors (Lipinski definition) is 2. The van der Waals surface area contributed by atoms with Crippen LogP contribution in [-0.4, -0.2) is 32.2 Å². The van der Waals surface area contributed by atoms with Crippen LogP contribution in [-0.2, 0) is 4.43 Å². The molecule has 0 spiro atoms. The summed E-state index contributed by atoms with van der Waals surface area (Å²) in [5, 5.41) is 9.84. The quantitative estimate of drug-likeness (QED) is 0.749. The fraction of sp³-hybridized carbons (Fsp3) is 1.00. The number of hydrogen-bond acceptors (Lipinski definition) is 3. The predicted octanol–water partition coefficient (Wildman–Crippen LogP) is 2.11. The van der Waals surface area contributed by atoms with E-state index in [1.54, 1.807) is 0 Å². The zero-order valence-corrected chi connectivity index (χ0v) is 12.3. The highest BCUT2D eigenvalue weighted by molar-refractivity contribution is 6.74. The van der Waals surface area contributed by atoms with Crippen LogP contribution in [0.3, 0.4) is 0 Å². The van der Waals surface area contributed by atoms with Gasteiger partial charge in [-0.3, -0.25) is 0 Å². The van der Waals surface area contributed by atoms with E-state index in [0.717, 1.165) is 19.4 Å². The molecule has 0 aromatic rings. The van der Waals surface area contributed by atoms with Crippen LogP contribution >= 0.6 is 0 Å². The molecule has 1 aliphatic carbocycles. The fourth-order valence-electron chi connectivity index (χ4n) is 1.83. The van der Waals surface area contributed by atoms with Gasteiger partial charge in [-0.05, 0) is 36.9 Å². The van der Waals surface area contributed by atoms with E-state index in [-0.39, 0.29) is 17.2 Å². The summed E-state index contributed by atoms with van der Waals surface area (Å²) in [5.74, 6) is 0.444. The second-order valence-electron chi connectivity index (χ2n) is 6.64. The van der Waals surface area contributed by atoms with Gasteiger partial charge in [0.1, 0.15) is 0 Å². The lowest BCUT2D eigenvalue weighted by Crippen LogP contribution is -2.41. The van der Waals surface area contributed by atoms with Crippen LogP contribution in [0.5, 0.6) is 0 Å². The summed E-state index contributed by atoms with van der Waals surface area (Å²) in [4.78, 5) is 0. The standard InChI is InChI=1S/C12H27NO2Si/c1-12(2,3)16(4,5)15-8-9-6-10(13)11(14)7-9/h9-11,14H,6-8,13H2,1-5H3/t9-,10+,11+/m0/s1. The first-order valence-corrected chi connectivity index (χ1v) is 9.12. The van der Waals surface area contributed by atoms with Crippen molar-refractivity contribution in [2.75, 3.05) is 6.61 Å². The Hall–Kier alpha value is 0.0969. The predicted molar refractivity (Wildman–Crippen MR) is 69.9 cm³/mol. The minimum absolute atomic E-state index is 0.0481. The lowest BCUT2D eigenvalue weighted by Gasteiger charge is -2.37. The first-order chi connectivity index (χ1) is 7.13. The fourth-order valence-corrected chi connectivity index (χ4v) is 2.92. The smallest absolute Gasteiger partial charge is 0.191 e. The van der Waals surface area contributed by atoms with E-state index in [1.165, 1.54) is 0 Å². The molecule has 0 aliphatic heterocycles. The molecular weight excluding hydrogens is 218 g/mol. The highest BCUT2D eigenvalue weighted by Gasteiger charge is 2.39. The Morgan fingerprint density at radius 2 is 1.88 bits per heavy atom. The Morgan fingerprint density at radius 3 is 2.25 bits per heavy atom. The number of aliphatic hydroxyl groups is 1. The molecule has 16 heavy (non-hydrogen) atoms. The molecule has 0 unspecified atom stereocenters. The topological polar surface area (TPSA) is 55.5 Å². The van der Waals surface area contributed by atoms with Crippen molar-refractivity contribution in [3.05, 3.63) is 0 Å². The summed E-state index contributed by atoms with van der Waals surface area (Å²) in [7, 11) is -1.64. The number of aliphatic hydroxyl groups excluding tert-OH is 1. The summed E-state index contributed by atoms with van der Waals surface area (Å²) in [5.41, 5.74) is 5.80. The van der Waals surface area contributed by atoms with Gasteiger partial charge in [-0.15, -0.1) is 0 Å². The summed E-state index contributed by atoms with van der Waals surface area (Å²) < 4.78 is 6.15. The van der Waals surface area contributed by atoms with Crippen molar-refractivity contribution in [3.8, 4) is 0 Å². The van der Waals surface area contributed by atoms with E-state index in [1.807, 2.05) is 0 Å². The van der Waals surface area contributed by atoms with E-state index >= 15 is 0 Å². The van der Waals surface area contributed by atoms with Crippen molar-refractivity contribution in [3.63, 3.8) is 0 Å². The molecule has 0 radical (unpaired) electrons. The van der Waals surface area contributed by atoms with Gasteiger partial charge in [0.15, 0.2) is 8.32 Å². The van der Waals surface area contributed by atoms with Gasteiger partial charge in [0, 0.05) is 12.6 Å². The van der Waals surface area contributed by atoms with Crippen LogP contribution in [0.1, 0.15) is 33.6 Å². The second-order valence-corrected chi connectivity index (χ2v) is 11.4. The molecule has 1 aliphatic rings. The van der Waals surface area contributed by atoms with Crippen LogP contribution in [0.25, 0.3) is 0 Å². The lowest BCUT2D eigenvalue weighted by molar-refractivity contribution is 0.153. The molecule has 3 nitrogen and oxygen atoms in total. The molecule has 1 rings (SSSR count). The molecule has 96 valence electrons. The zero-order chi connectivity index (χ0) is 12.6. The Morgan fingerprint density at radius 1 is 1.31 bits per heavy atom. The molecule has 3 N–H and O–H groups in total. The zero-order valence-electron chi connectivity index (χ0n) is 11.3. The molecule has 0 aromatic heterocycles. The highest BCUT2D eigenvalue weighted by Crippen LogP contribution is 2.37. The van der Waals surface area contributed by atoms with Gasteiger partial charge in [0.2, 0.25) is 0 Å². The molecule has 0 amide bonds. The largest absolute Gasteiger partial charge is 0.417 e. The van der Waals surface area contributed by atoms with E-state index < -0.39 is 8.32 Å². The molecule has 1 fully saturated rings. The Balaban J connectivity index is 2.41. The van der Waals surface area contributed by atoms with Gasteiger partial charge in [0.05, 0.1) is 6.10 Å². The van der Waals surface area contributed by atoms with Gasteiger partial charge in [0.25, 0.3) is 0 Å². The first-order valence-electron chi connectivity index (χ1n) is 6.21. The summed E-state index contributed by atoms with van der Waals surface area (Å²) in [6.45, 7) is 12.0. The minimum Gasteiger partial charge on any atom is -0.417 e. The molecule has 1 saturated carbocycles. The molecule has 0 saturated heterocycles. The normalized spacial score (nSPS) is 32.1. The monoisotopic (exact) mass is 245 g/mol. The Labute approximate surface area is 100 Å². The van der Waals surface area contributed by atoms with Crippen molar-refractivity contribution in [2.45, 2.75) is 63.9 Å². The van der Waals surface area contributed by atoms with Crippen molar-refractivity contribution in [1.29, 1.82) is 0 Å². The van der Waals surface area contributed by atoms with Gasteiger partial charge < -0.3 is 15.3 Å². The van der Waals surface area contributed by atoms with Crippen LogP contribution in [0.15, 0.2) is 0 Å². The first kappa shape index (κ1) is 14.2. The average Bonchev–Trinajstić information content (AvgIpc) is 2.41. The highest BCUT2D eigenvalue weighted by atomic mass is 28.4. The third-order valence-electron chi connectivity index (χ3n) is 4.16.